The summed E-state index contributed by atoms with van der Waals surface area (Å²) in [5.41, 5.74) is 0.866. The molecule has 90 valence electrons. The molecular weight excluding hydrogens is 258 g/mol. The van der Waals surface area contributed by atoms with Crippen LogP contribution in [0.25, 0.3) is 10.2 Å². The summed E-state index contributed by atoms with van der Waals surface area (Å²) in [6.07, 6.45) is 0. The minimum Gasteiger partial charge on any atom is -0.465 e. The second-order valence-corrected chi connectivity index (χ2v) is 5.14. The van der Waals surface area contributed by atoms with E-state index in [9.17, 15) is 4.79 Å². The molecule has 3 nitrogen and oxygen atoms in total. The predicted octanol–water partition coefficient (Wildman–Crippen LogP) is 3.62. The summed E-state index contributed by atoms with van der Waals surface area (Å²) in [5.74, 6) is -0.566. The average molecular weight is 270 g/mol. The molecule has 17 heavy (non-hydrogen) atoms. The lowest BCUT2D eigenvalue weighted by atomic mass is 10.2. The summed E-state index contributed by atoms with van der Waals surface area (Å²) >= 11 is 7.38. The van der Waals surface area contributed by atoms with Gasteiger partial charge in [0.05, 0.1) is 16.8 Å². The molecule has 0 bridgehead atoms. The number of aromatic nitrogens is 1. The van der Waals surface area contributed by atoms with Crippen LogP contribution in [0.1, 0.15) is 24.8 Å². The van der Waals surface area contributed by atoms with Crippen molar-refractivity contribution in [2.75, 3.05) is 6.61 Å². The van der Waals surface area contributed by atoms with E-state index in [1.807, 2.05) is 12.1 Å². The molecule has 0 aliphatic carbocycles. The third-order valence-electron chi connectivity index (χ3n) is 2.38. The molecule has 0 N–H and O–H groups in total. The molecular formula is C12H12ClNO2S. The van der Waals surface area contributed by atoms with E-state index >= 15 is 0 Å². The van der Waals surface area contributed by atoms with Gasteiger partial charge in [0.15, 0.2) is 0 Å². The van der Waals surface area contributed by atoms with Gasteiger partial charge in [-0.05, 0) is 32.0 Å². The first-order valence-corrected chi connectivity index (χ1v) is 6.54. The van der Waals surface area contributed by atoms with Gasteiger partial charge in [-0.3, -0.25) is 4.79 Å². The highest BCUT2D eigenvalue weighted by Gasteiger charge is 2.20. The smallest absolute Gasteiger partial charge is 0.315 e. The van der Waals surface area contributed by atoms with Crippen molar-refractivity contribution in [3.63, 3.8) is 0 Å². The van der Waals surface area contributed by atoms with E-state index < -0.39 is 0 Å². The van der Waals surface area contributed by atoms with Crippen molar-refractivity contribution in [3.8, 4) is 0 Å². The first-order chi connectivity index (χ1) is 8.11. The Labute approximate surface area is 108 Å². The number of ether oxygens (including phenoxy) is 1. The highest BCUT2D eigenvalue weighted by Crippen LogP contribution is 2.29. The molecule has 0 aliphatic heterocycles. The molecule has 1 aromatic carbocycles. The first kappa shape index (κ1) is 12.3. The summed E-state index contributed by atoms with van der Waals surface area (Å²) in [4.78, 5) is 16.0. The molecule has 0 fully saturated rings. The van der Waals surface area contributed by atoms with Crippen LogP contribution in [-0.4, -0.2) is 17.6 Å². The lowest BCUT2D eigenvalue weighted by Gasteiger charge is -2.06. The van der Waals surface area contributed by atoms with Crippen molar-refractivity contribution in [3.05, 3.63) is 28.2 Å². The number of carbonyl (C=O) groups is 1. The number of thiazole rings is 1. The van der Waals surface area contributed by atoms with Gasteiger partial charge >= 0.3 is 5.97 Å². The molecule has 1 unspecified atom stereocenters. The second kappa shape index (κ2) is 5.02. The van der Waals surface area contributed by atoms with E-state index in [1.165, 1.54) is 11.3 Å². The molecule has 0 saturated carbocycles. The monoisotopic (exact) mass is 269 g/mol. The van der Waals surface area contributed by atoms with Crippen molar-refractivity contribution in [2.45, 2.75) is 19.8 Å². The van der Waals surface area contributed by atoms with Gasteiger partial charge in [0.2, 0.25) is 0 Å². The molecule has 1 heterocycles. The first-order valence-electron chi connectivity index (χ1n) is 5.34. The molecule has 0 saturated heterocycles. The summed E-state index contributed by atoms with van der Waals surface area (Å²) in [6.45, 7) is 3.99. The van der Waals surface area contributed by atoms with Crippen LogP contribution < -0.4 is 0 Å². The minimum absolute atomic E-state index is 0.238. The quantitative estimate of drug-likeness (QED) is 0.799. The largest absolute Gasteiger partial charge is 0.465 e. The summed E-state index contributed by atoms with van der Waals surface area (Å²) in [7, 11) is 0. The van der Waals surface area contributed by atoms with Crippen molar-refractivity contribution in [2.24, 2.45) is 0 Å². The van der Waals surface area contributed by atoms with E-state index in [0.29, 0.717) is 11.6 Å². The molecule has 5 heteroatoms. The van der Waals surface area contributed by atoms with Crippen LogP contribution in [-0.2, 0) is 9.53 Å². The van der Waals surface area contributed by atoms with Gasteiger partial charge in [-0.15, -0.1) is 11.3 Å². The molecule has 0 radical (unpaired) electrons. The second-order valence-electron chi connectivity index (χ2n) is 3.64. The topological polar surface area (TPSA) is 39.2 Å². The van der Waals surface area contributed by atoms with Crippen LogP contribution in [0.4, 0.5) is 0 Å². The number of esters is 1. The fraction of sp³-hybridized carbons (Fsp3) is 0.333. The average Bonchev–Trinajstić information content (AvgIpc) is 2.71. The SMILES string of the molecule is CCOC(=O)C(C)c1nc2ccc(Cl)cc2s1. The van der Waals surface area contributed by atoms with Crippen LogP contribution >= 0.6 is 22.9 Å². The lowest BCUT2D eigenvalue weighted by Crippen LogP contribution is -2.12. The summed E-state index contributed by atoms with van der Waals surface area (Å²) < 4.78 is 5.97. The Kier molecular flexibility index (Phi) is 3.64. The highest BCUT2D eigenvalue weighted by molar-refractivity contribution is 7.18. The number of carbonyl (C=O) groups excluding carboxylic acids is 1. The molecule has 1 atom stereocenters. The molecule has 0 spiro atoms. The van der Waals surface area contributed by atoms with Gasteiger partial charge in [0.1, 0.15) is 10.9 Å². The summed E-state index contributed by atoms with van der Waals surface area (Å²) in [5, 5.41) is 1.44. The Morgan fingerprint density at radius 2 is 2.35 bits per heavy atom. The van der Waals surface area contributed by atoms with Gasteiger partial charge in [-0.2, -0.15) is 0 Å². The van der Waals surface area contributed by atoms with E-state index in [4.69, 9.17) is 16.3 Å². The van der Waals surface area contributed by atoms with E-state index in [0.717, 1.165) is 15.2 Å². The fourth-order valence-electron chi connectivity index (χ4n) is 1.47. The highest BCUT2D eigenvalue weighted by atomic mass is 35.5. The zero-order valence-electron chi connectivity index (χ0n) is 9.57. The number of hydrogen-bond acceptors (Lipinski definition) is 4. The number of nitrogens with zero attached hydrogens (tertiary/aromatic N) is 1. The number of rotatable bonds is 3. The molecule has 1 aromatic heterocycles. The molecule has 2 aromatic rings. The standard InChI is InChI=1S/C12H12ClNO2S/c1-3-16-12(15)7(2)11-14-9-5-4-8(13)6-10(9)17-11/h4-7H,3H2,1-2H3. The Morgan fingerprint density at radius 3 is 3.06 bits per heavy atom. The number of hydrogen-bond donors (Lipinski definition) is 0. The normalized spacial score (nSPS) is 12.6. The molecule has 2 rings (SSSR count). The fourth-order valence-corrected chi connectivity index (χ4v) is 2.75. The lowest BCUT2D eigenvalue weighted by molar-refractivity contribution is -0.144. The summed E-state index contributed by atoms with van der Waals surface area (Å²) in [6, 6.07) is 5.51. The maximum absolute atomic E-state index is 11.6. The molecule has 0 amide bonds. The van der Waals surface area contributed by atoms with Crippen molar-refractivity contribution in [1.29, 1.82) is 0 Å². The van der Waals surface area contributed by atoms with Gasteiger partial charge < -0.3 is 4.74 Å². The maximum Gasteiger partial charge on any atom is 0.315 e. The van der Waals surface area contributed by atoms with E-state index in [2.05, 4.69) is 4.98 Å². The van der Waals surface area contributed by atoms with Crippen LogP contribution in [0, 0.1) is 0 Å². The van der Waals surface area contributed by atoms with Crippen molar-refractivity contribution in [1.82, 2.24) is 4.98 Å². The van der Waals surface area contributed by atoms with E-state index in [1.54, 1.807) is 19.9 Å². The predicted molar refractivity (Wildman–Crippen MR) is 69.7 cm³/mol. The third-order valence-corrected chi connectivity index (χ3v) is 3.81. The number of halogens is 1. The van der Waals surface area contributed by atoms with Crippen molar-refractivity contribution >= 4 is 39.1 Å². The maximum atomic E-state index is 11.6. The van der Waals surface area contributed by atoms with E-state index in [-0.39, 0.29) is 11.9 Å². The number of benzene rings is 1. The van der Waals surface area contributed by atoms with Gasteiger partial charge in [0.25, 0.3) is 0 Å². The number of fused-ring (bicyclic) bond motifs is 1. The minimum atomic E-state index is -0.328. The Balaban J connectivity index is 2.33. The van der Waals surface area contributed by atoms with Gasteiger partial charge in [0, 0.05) is 5.02 Å². The van der Waals surface area contributed by atoms with Crippen molar-refractivity contribution < 1.29 is 9.53 Å². The van der Waals surface area contributed by atoms with Gasteiger partial charge in [-0.1, -0.05) is 11.6 Å². The van der Waals surface area contributed by atoms with Crippen LogP contribution in [0.5, 0.6) is 0 Å². The Bertz CT molecular complexity index is 552. The molecule has 0 aliphatic rings. The zero-order chi connectivity index (χ0) is 12.4. The zero-order valence-corrected chi connectivity index (χ0v) is 11.1. The van der Waals surface area contributed by atoms with Gasteiger partial charge in [-0.25, -0.2) is 4.98 Å². The van der Waals surface area contributed by atoms with Crippen LogP contribution in [0.15, 0.2) is 18.2 Å². The Hall–Kier alpha value is -1.13. The van der Waals surface area contributed by atoms with Crippen LogP contribution in [0.3, 0.4) is 0 Å². The Morgan fingerprint density at radius 1 is 1.59 bits per heavy atom. The third kappa shape index (κ3) is 2.58. The van der Waals surface area contributed by atoms with Crippen LogP contribution in [0.2, 0.25) is 5.02 Å².